The second-order valence-corrected chi connectivity index (χ2v) is 7.46. The van der Waals surface area contributed by atoms with Crippen molar-refractivity contribution < 1.29 is 14.3 Å². The van der Waals surface area contributed by atoms with E-state index < -0.39 is 0 Å². The highest BCUT2D eigenvalue weighted by Gasteiger charge is 2.18. The Balaban J connectivity index is 1.82. The molecule has 3 aromatic rings. The molecule has 7 heteroatoms. The van der Waals surface area contributed by atoms with E-state index in [0.29, 0.717) is 28.5 Å². The van der Waals surface area contributed by atoms with E-state index in [0.717, 1.165) is 17.0 Å². The predicted molar refractivity (Wildman–Crippen MR) is 111 cm³/mol. The molecule has 3 rings (SSSR count). The van der Waals surface area contributed by atoms with Gasteiger partial charge in [-0.05, 0) is 49.7 Å². The largest absolute Gasteiger partial charge is 0.396 e. The number of hydrogen-bond acceptors (Lipinski definition) is 4. The molecule has 2 N–H and O–H groups in total. The maximum Gasteiger partial charge on any atom is 0.258 e. The summed E-state index contributed by atoms with van der Waals surface area (Å²) in [5.41, 5.74) is 3.34. The summed E-state index contributed by atoms with van der Waals surface area (Å²) in [5, 5.41) is 11.7. The lowest BCUT2D eigenvalue weighted by Gasteiger charge is -2.11. The standard InChI is InChI=1S/C21H22FN3O2S/c1-14-11-17(15(2)25(14)19-6-4-3-5-18(19)22)21(27)24-20-12-16(7-8-23-20)13-28-10-9-26/h3-8,11-12,26H,9-10,13H2,1-2H3,(H,23,24,27). The molecule has 2 aromatic heterocycles. The number of amides is 1. The van der Waals surface area contributed by atoms with Crippen molar-refractivity contribution in [3.05, 3.63) is 77.0 Å². The van der Waals surface area contributed by atoms with Crippen molar-refractivity contribution in [1.82, 2.24) is 9.55 Å². The van der Waals surface area contributed by atoms with Gasteiger partial charge < -0.3 is 15.0 Å². The zero-order valence-electron chi connectivity index (χ0n) is 15.8. The number of carbonyl (C=O) groups excluding carboxylic acids is 1. The van der Waals surface area contributed by atoms with E-state index in [1.807, 2.05) is 19.1 Å². The summed E-state index contributed by atoms with van der Waals surface area (Å²) in [6, 6.07) is 11.9. The van der Waals surface area contributed by atoms with E-state index in [2.05, 4.69) is 10.3 Å². The molecule has 0 fully saturated rings. The van der Waals surface area contributed by atoms with Gasteiger partial charge in [0.15, 0.2) is 0 Å². The fourth-order valence-corrected chi connectivity index (χ4v) is 3.76. The Morgan fingerprint density at radius 1 is 1.25 bits per heavy atom. The average Bonchev–Trinajstić information content (AvgIpc) is 2.97. The molecule has 146 valence electrons. The molecule has 0 saturated heterocycles. The number of benzene rings is 1. The molecule has 2 heterocycles. The molecule has 0 atom stereocenters. The smallest absolute Gasteiger partial charge is 0.258 e. The Morgan fingerprint density at radius 3 is 2.79 bits per heavy atom. The molecule has 5 nitrogen and oxygen atoms in total. The minimum Gasteiger partial charge on any atom is -0.396 e. The molecule has 0 unspecified atom stereocenters. The third kappa shape index (κ3) is 4.43. The third-order valence-electron chi connectivity index (χ3n) is 4.34. The molecule has 1 amide bonds. The highest BCUT2D eigenvalue weighted by molar-refractivity contribution is 7.98. The first-order chi connectivity index (χ1) is 13.5. The van der Waals surface area contributed by atoms with Gasteiger partial charge in [0, 0.05) is 29.1 Å². The Hall–Kier alpha value is -2.64. The van der Waals surface area contributed by atoms with Crippen molar-refractivity contribution in [1.29, 1.82) is 0 Å². The van der Waals surface area contributed by atoms with Crippen LogP contribution in [0.25, 0.3) is 5.69 Å². The normalized spacial score (nSPS) is 10.9. The Kier molecular flexibility index (Phi) is 6.49. The number of para-hydroxylation sites is 1. The zero-order valence-corrected chi connectivity index (χ0v) is 16.6. The summed E-state index contributed by atoms with van der Waals surface area (Å²) in [6.45, 7) is 3.77. The summed E-state index contributed by atoms with van der Waals surface area (Å²) in [5.74, 6) is 1.22. The molecule has 0 aliphatic rings. The number of hydrogen-bond donors (Lipinski definition) is 2. The van der Waals surface area contributed by atoms with Gasteiger partial charge in [-0.25, -0.2) is 9.37 Å². The number of aromatic nitrogens is 2. The zero-order chi connectivity index (χ0) is 20.1. The topological polar surface area (TPSA) is 67.2 Å². The number of rotatable bonds is 7. The molecule has 0 saturated carbocycles. The molecule has 0 aliphatic carbocycles. The second-order valence-electron chi connectivity index (χ2n) is 6.35. The van der Waals surface area contributed by atoms with Gasteiger partial charge in [0.2, 0.25) is 0 Å². The van der Waals surface area contributed by atoms with Gasteiger partial charge in [0.1, 0.15) is 11.6 Å². The van der Waals surface area contributed by atoms with Crippen LogP contribution < -0.4 is 5.32 Å². The van der Waals surface area contributed by atoms with Crippen molar-refractivity contribution in [2.75, 3.05) is 17.7 Å². The van der Waals surface area contributed by atoms with Gasteiger partial charge in [0.25, 0.3) is 5.91 Å². The summed E-state index contributed by atoms with van der Waals surface area (Å²) in [6.07, 6.45) is 1.65. The van der Waals surface area contributed by atoms with Crippen LogP contribution in [-0.4, -0.2) is 32.9 Å². The fraction of sp³-hybridized carbons (Fsp3) is 0.238. The van der Waals surface area contributed by atoms with Gasteiger partial charge >= 0.3 is 0 Å². The van der Waals surface area contributed by atoms with Crippen LogP contribution in [0, 0.1) is 19.7 Å². The molecule has 0 radical (unpaired) electrons. The van der Waals surface area contributed by atoms with E-state index in [1.54, 1.807) is 53.7 Å². The maximum atomic E-state index is 14.2. The van der Waals surface area contributed by atoms with E-state index in [-0.39, 0.29) is 18.3 Å². The number of anilines is 1. The molecule has 28 heavy (non-hydrogen) atoms. The number of nitrogens with one attached hydrogen (secondary N) is 1. The number of aryl methyl sites for hydroxylation is 1. The van der Waals surface area contributed by atoms with E-state index in [4.69, 9.17) is 5.11 Å². The summed E-state index contributed by atoms with van der Waals surface area (Å²) < 4.78 is 16.0. The summed E-state index contributed by atoms with van der Waals surface area (Å²) in [7, 11) is 0. The Labute approximate surface area is 167 Å². The van der Waals surface area contributed by atoms with Crippen molar-refractivity contribution in [2.45, 2.75) is 19.6 Å². The number of nitrogens with zero attached hydrogens (tertiary/aromatic N) is 2. The van der Waals surface area contributed by atoms with Gasteiger partial charge in [-0.1, -0.05) is 12.1 Å². The fourth-order valence-electron chi connectivity index (χ4n) is 3.07. The minimum atomic E-state index is -0.342. The number of pyridine rings is 1. The van der Waals surface area contributed by atoms with Crippen molar-refractivity contribution in [2.24, 2.45) is 0 Å². The number of carbonyl (C=O) groups is 1. The van der Waals surface area contributed by atoms with E-state index >= 15 is 0 Å². The molecular weight excluding hydrogens is 377 g/mol. The lowest BCUT2D eigenvalue weighted by Crippen LogP contribution is -2.14. The van der Waals surface area contributed by atoms with Crippen LogP contribution in [0.15, 0.2) is 48.7 Å². The number of halogens is 1. The highest BCUT2D eigenvalue weighted by Crippen LogP contribution is 2.23. The highest BCUT2D eigenvalue weighted by atomic mass is 32.2. The van der Waals surface area contributed by atoms with Crippen LogP contribution in [-0.2, 0) is 5.75 Å². The maximum absolute atomic E-state index is 14.2. The summed E-state index contributed by atoms with van der Waals surface area (Å²) in [4.78, 5) is 17.0. The number of thioether (sulfide) groups is 1. The summed E-state index contributed by atoms with van der Waals surface area (Å²) >= 11 is 1.61. The number of aliphatic hydroxyl groups is 1. The van der Waals surface area contributed by atoms with Crippen LogP contribution in [0.3, 0.4) is 0 Å². The van der Waals surface area contributed by atoms with Crippen molar-refractivity contribution in [3.63, 3.8) is 0 Å². The van der Waals surface area contributed by atoms with Gasteiger partial charge in [-0.2, -0.15) is 11.8 Å². The third-order valence-corrected chi connectivity index (χ3v) is 5.35. The van der Waals surface area contributed by atoms with Crippen molar-refractivity contribution >= 4 is 23.5 Å². The van der Waals surface area contributed by atoms with E-state index in [1.165, 1.54) is 6.07 Å². The van der Waals surface area contributed by atoms with E-state index in [9.17, 15) is 9.18 Å². The Bertz CT molecular complexity index is 988. The molecule has 0 aliphatic heterocycles. The van der Waals surface area contributed by atoms with Gasteiger partial charge in [0.05, 0.1) is 17.9 Å². The number of aliphatic hydroxyl groups excluding tert-OH is 1. The van der Waals surface area contributed by atoms with Gasteiger partial charge in [-0.15, -0.1) is 0 Å². The second kappa shape index (κ2) is 9.03. The van der Waals surface area contributed by atoms with Crippen LogP contribution >= 0.6 is 11.8 Å². The van der Waals surface area contributed by atoms with Crippen LogP contribution in [0.4, 0.5) is 10.2 Å². The van der Waals surface area contributed by atoms with Crippen molar-refractivity contribution in [3.8, 4) is 5.69 Å². The molecule has 0 bridgehead atoms. The lowest BCUT2D eigenvalue weighted by atomic mass is 10.2. The quantitative estimate of drug-likeness (QED) is 0.587. The predicted octanol–water partition coefficient (Wildman–Crippen LogP) is 4.11. The first-order valence-corrected chi connectivity index (χ1v) is 10.1. The van der Waals surface area contributed by atoms with Gasteiger partial charge in [-0.3, -0.25) is 4.79 Å². The SMILES string of the molecule is Cc1cc(C(=O)Nc2cc(CSCCO)ccn2)c(C)n1-c1ccccc1F. The monoisotopic (exact) mass is 399 g/mol. The first kappa shape index (κ1) is 20.1. The van der Waals surface area contributed by atoms with Crippen LogP contribution in [0.5, 0.6) is 0 Å². The van der Waals surface area contributed by atoms with Crippen LogP contribution in [0.2, 0.25) is 0 Å². The molecule has 1 aromatic carbocycles. The van der Waals surface area contributed by atoms with Crippen LogP contribution in [0.1, 0.15) is 27.3 Å². The molecular formula is C21H22FN3O2S. The molecule has 0 spiro atoms. The Morgan fingerprint density at radius 2 is 2.04 bits per heavy atom. The minimum absolute atomic E-state index is 0.136. The first-order valence-electron chi connectivity index (χ1n) is 8.90. The average molecular weight is 399 g/mol. The lowest BCUT2D eigenvalue weighted by molar-refractivity contribution is 0.102.